The average molecular weight is 497 g/mol. The fourth-order valence-electron chi connectivity index (χ4n) is 6.04. The zero-order valence-electron chi connectivity index (χ0n) is 21.3. The highest BCUT2D eigenvalue weighted by molar-refractivity contribution is 6.19. The summed E-state index contributed by atoms with van der Waals surface area (Å²) in [6.07, 6.45) is 0. The van der Waals surface area contributed by atoms with Crippen molar-refractivity contribution in [2.75, 3.05) is 0 Å². The Labute approximate surface area is 226 Å². The van der Waals surface area contributed by atoms with E-state index in [1.807, 2.05) is 0 Å². The SMILES string of the molecule is c1ccc(-c2nc3ccccc3n2-c2c3ccccc3c(-c3ccc4ccccc4c3)c3ccccc23)cc1. The zero-order chi connectivity index (χ0) is 25.8. The van der Waals surface area contributed by atoms with Crippen LogP contribution in [0.5, 0.6) is 0 Å². The Bertz CT molecular complexity index is 2110. The van der Waals surface area contributed by atoms with Gasteiger partial charge >= 0.3 is 0 Å². The Kier molecular flexibility index (Phi) is 4.86. The first kappa shape index (κ1) is 21.8. The quantitative estimate of drug-likeness (QED) is 0.223. The third-order valence-electron chi connectivity index (χ3n) is 7.76. The summed E-state index contributed by atoms with van der Waals surface area (Å²) < 4.78 is 2.36. The fraction of sp³-hybridized carbons (Fsp3) is 0. The van der Waals surface area contributed by atoms with Crippen LogP contribution in [-0.2, 0) is 0 Å². The van der Waals surface area contributed by atoms with Crippen LogP contribution >= 0.6 is 0 Å². The maximum atomic E-state index is 5.15. The van der Waals surface area contributed by atoms with Crippen LogP contribution in [0.25, 0.3) is 71.6 Å². The molecule has 0 aliphatic heterocycles. The number of aromatic nitrogens is 2. The molecule has 0 radical (unpaired) electrons. The van der Waals surface area contributed by atoms with Gasteiger partial charge in [-0.25, -0.2) is 4.98 Å². The monoisotopic (exact) mass is 496 g/mol. The molecule has 0 aliphatic rings. The van der Waals surface area contributed by atoms with Gasteiger partial charge in [0.15, 0.2) is 0 Å². The van der Waals surface area contributed by atoms with Crippen molar-refractivity contribution in [1.82, 2.24) is 9.55 Å². The molecule has 1 aromatic heterocycles. The molecule has 182 valence electrons. The van der Waals surface area contributed by atoms with Crippen LogP contribution in [0, 0.1) is 0 Å². The van der Waals surface area contributed by atoms with Crippen molar-refractivity contribution in [1.29, 1.82) is 0 Å². The number of rotatable bonds is 3. The van der Waals surface area contributed by atoms with E-state index in [0.717, 1.165) is 22.4 Å². The van der Waals surface area contributed by atoms with Crippen molar-refractivity contribution in [2.45, 2.75) is 0 Å². The smallest absolute Gasteiger partial charge is 0.145 e. The first-order valence-electron chi connectivity index (χ1n) is 13.3. The molecule has 8 rings (SSSR count). The lowest BCUT2D eigenvalue weighted by Gasteiger charge is -2.20. The Balaban J connectivity index is 1.54. The first-order valence-corrected chi connectivity index (χ1v) is 13.3. The summed E-state index contributed by atoms with van der Waals surface area (Å²) in [6, 6.07) is 52.0. The van der Waals surface area contributed by atoms with Gasteiger partial charge in [-0.2, -0.15) is 0 Å². The van der Waals surface area contributed by atoms with Crippen molar-refractivity contribution < 1.29 is 0 Å². The molecule has 0 unspecified atom stereocenters. The molecule has 0 fully saturated rings. The van der Waals surface area contributed by atoms with Crippen molar-refractivity contribution >= 4 is 43.4 Å². The van der Waals surface area contributed by atoms with E-state index in [1.165, 1.54) is 49.1 Å². The van der Waals surface area contributed by atoms with E-state index in [2.05, 4.69) is 150 Å². The molecule has 7 aromatic carbocycles. The lowest BCUT2D eigenvalue weighted by Crippen LogP contribution is -2.01. The first-order chi connectivity index (χ1) is 19.4. The molecule has 0 N–H and O–H groups in total. The van der Waals surface area contributed by atoms with Crippen molar-refractivity contribution in [2.24, 2.45) is 0 Å². The van der Waals surface area contributed by atoms with Gasteiger partial charge in [0.1, 0.15) is 5.82 Å². The van der Waals surface area contributed by atoms with Crippen LogP contribution in [-0.4, -0.2) is 9.55 Å². The largest absolute Gasteiger partial charge is 0.291 e. The minimum atomic E-state index is 0.950. The van der Waals surface area contributed by atoms with E-state index >= 15 is 0 Å². The minimum absolute atomic E-state index is 0.950. The molecule has 0 atom stereocenters. The highest BCUT2D eigenvalue weighted by Crippen LogP contribution is 2.43. The average Bonchev–Trinajstić information content (AvgIpc) is 3.39. The third kappa shape index (κ3) is 3.39. The molecule has 0 aliphatic carbocycles. The van der Waals surface area contributed by atoms with E-state index in [9.17, 15) is 0 Å². The summed E-state index contributed by atoms with van der Waals surface area (Å²) in [6.45, 7) is 0. The number of benzene rings is 7. The molecule has 39 heavy (non-hydrogen) atoms. The summed E-state index contributed by atoms with van der Waals surface area (Å²) >= 11 is 0. The number of nitrogens with zero attached hydrogens (tertiary/aromatic N) is 2. The second-order valence-corrected chi connectivity index (χ2v) is 10.0. The van der Waals surface area contributed by atoms with Crippen LogP contribution in [0.4, 0.5) is 0 Å². The van der Waals surface area contributed by atoms with Crippen LogP contribution in [0.3, 0.4) is 0 Å². The number of para-hydroxylation sites is 2. The molecule has 1 heterocycles. The van der Waals surface area contributed by atoms with E-state index in [0.29, 0.717) is 0 Å². The van der Waals surface area contributed by atoms with E-state index in [4.69, 9.17) is 4.98 Å². The molecule has 2 heteroatoms. The Morgan fingerprint density at radius 2 is 1.03 bits per heavy atom. The van der Waals surface area contributed by atoms with Gasteiger partial charge in [0, 0.05) is 16.3 Å². The van der Waals surface area contributed by atoms with Gasteiger partial charge in [-0.3, -0.25) is 4.57 Å². The predicted octanol–water partition coefficient (Wildman–Crippen LogP) is 9.82. The van der Waals surface area contributed by atoms with Crippen LogP contribution < -0.4 is 0 Å². The van der Waals surface area contributed by atoms with E-state index < -0.39 is 0 Å². The summed E-state index contributed by atoms with van der Waals surface area (Å²) in [5.41, 5.74) is 6.85. The van der Waals surface area contributed by atoms with Crippen LogP contribution in [0.1, 0.15) is 0 Å². The van der Waals surface area contributed by atoms with Gasteiger partial charge in [0.25, 0.3) is 0 Å². The van der Waals surface area contributed by atoms with Gasteiger partial charge in [-0.15, -0.1) is 0 Å². The van der Waals surface area contributed by atoms with Gasteiger partial charge in [0.2, 0.25) is 0 Å². The molecule has 0 saturated carbocycles. The van der Waals surface area contributed by atoms with Gasteiger partial charge in [-0.1, -0.05) is 127 Å². The van der Waals surface area contributed by atoms with Gasteiger partial charge in [-0.05, 0) is 50.9 Å². The Morgan fingerprint density at radius 1 is 0.436 bits per heavy atom. The Morgan fingerprint density at radius 3 is 1.77 bits per heavy atom. The predicted molar refractivity (Wildman–Crippen MR) is 164 cm³/mol. The third-order valence-corrected chi connectivity index (χ3v) is 7.76. The summed E-state index contributed by atoms with van der Waals surface area (Å²) in [5, 5.41) is 7.39. The lowest BCUT2D eigenvalue weighted by atomic mass is 9.89. The highest BCUT2D eigenvalue weighted by atomic mass is 15.1. The Hall–Kier alpha value is -5.21. The maximum Gasteiger partial charge on any atom is 0.145 e. The zero-order valence-corrected chi connectivity index (χ0v) is 21.3. The topological polar surface area (TPSA) is 17.8 Å². The van der Waals surface area contributed by atoms with Crippen molar-refractivity contribution in [3.8, 4) is 28.2 Å². The summed E-state index contributed by atoms with van der Waals surface area (Å²) in [5.74, 6) is 0.950. The number of imidazole rings is 1. The molecular formula is C37H24N2. The van der Waals surface area contributed by atoms with Crippen LogP contribution in [0.15, 0.2) is 146 Å². The lowest BCUT2D eigenvalue weighted by molar-refractivity contribution is 1.13. The standard InChI is InChI=1S/C37H24N2/c1-2-13-26(14-3-1)37-38-33-20-10-11-21-34(33)39(37)36-31-18-8-6-16-29(31)35(30-17-7-9-19-32(30)36)28-23-22-25-12-4-5-15-27(25)24-28/h1-24H. The van der Waals surface area contributed by atoms with Crippen molar-refractivity contribution in [3.63, 3.8) is 0 Å². The number of hydrogen-bond acceptors (Lipinski definition) is 1. The fourth-order valence-corrected chi connectivity index (χ4v) is 6.04. The summed E-state index contributed by atoms with van der Waals surface area (Å²) in [4.78, 5) is 5.15. The summed E-state index contributed by atoms with van der Waals surface area (Å²) in [7, 11) is 0. The van der Waals surface area contributed by atoms with Gasteiger partial charge < -0.3 is 0 Å². The minimum Gasteiger partial charge on any atom is -0.291 e. The molecule has 2 nitrogen and oxygen atoms in total. The molecule has 8 aromatic rings. The maximum absolute atomic E-state index is 5.15. The number of fused-ring (bicyclic) bond motifs is 4. The molecule has 0 amide bonds. The van der Waals surface area contributed by atoms with E-state index in [1.54, 1.807) is 0 Å². The molecule has 0 bridgehead atoms. The van der Waals surface area contributed by atoms with Crippen molar-refractivity contribution in [3.05, 3.63) is 146 Å². The molecule has 0 spiro atoms. The van der Waals surface area contributed by atoms with E-state index in [-0.39, 0.29) is 0 Å². The number of hydrogen-bond donors (Lipinski definition) is 0. The normalized spacial score (nSPS) is 11.6. The second kappa shape index (κ2) is 8.68. The molecule has 0 saturated heterocycles. The molecular weight excluding hydrogens is 472 g/mol. The highest BCUT2D eigenvalue weighted by Gasteiger charge is 2.21. The van der Waals surface area contributed by atoms with Gasteiger partial charge in [0.05, 0.1) is 16.7 Å². The van der Waals surface area contributed by atoms with Crippen LogP contribution in [0.2, 0.25) is 0 Å². The second-order valence-electron chi connectivity index (χ2n) is 10.0.